The number of amides is 2. The molecule has 6 nitrogen and oxygen atoms in total. The molecule has 2 amide bonds. The number of rotatable bonds is 5. The van der Waals surface area contributed by atoms with E-state index >= 15 is 0 Å². The summed E-state index contributed by atoms with van der Waals surface area (Å²) in [5, 5.41) is 13.7. The molecule has 1 aliphatic rings. The molecule has 0 aliphatic carbocycles. The first-order valence-corrected chi connectivity index (χ1v) is 9.49. The van der Waals surface area contributed by atoms with E-state index in [0.717, 1.165) is 25.9 Å². The molecule has 0 bridgehead atoms. The summed E-state index contributed by atoms with van der Waals surface area (Å²) in [6.07, 6.45) is 2.07. The fraction of sp³-hybridized carbons (Fsp3) is 0.318. The largest absolute Gasteiger partial charge is 0.507 e. The molecule has 0 saturated carbocycles. The summed E-state index contributed by atoms with van der Waals surface area (Å²) in [5.41, 5.74) is 4.40. The van der Waals surface area contributed by atoms with Gasteiger partial charge < -0.3 is 10.0 Å². The van der Waals surface area contributed by atoms with E-state index in [1.54, 1.807) is 19.1 Å². The smallest absolute Gasteiger partial charge is 0.275 e. The number of likely N-dealkylation sites (tertiary alicyclic amines) is 1. The van der Waals surface area contributed by atoms with Crippen LogP contribution in [0.4, 0.5) is 0 Å². The third-order valence-electron chi connectivity index (χ3n) is 5.02. The van der Waals surface area contributed by atoms with Crippen LogP contribution >= 0.6 is 0 Å². The molecule has 3 rings (SSSR count). The zero-order valence-corrected chi connectivity index (χ0v) is 16.0. The van der Waals surface area contributed by atoms with Gasteiger partial charge in [0.15, 0.2) is 0 Å². The van der Waals surface area contributed by atoms with Gasteiger partial charge in [-0.2, -0.15) is 5.10 Å². The third kappa shape index (κ3) is 4.97. The number of piperidine rings is 1. The summed E-state index contributed by atoms with van der Waals surface area (Å²) in [6.45, 7) is 3.17. The van der Waals surface area contributed by atoms with E-state index < -0.39 is 5.91 Å². The molecule has 1 heterocycles. The summed E-state index contributed by atoms with van der Waals surface area (Å²) in [6, 6.07) is 16.7. The van der Waals surface area contributed by atoms with Crippen molar-refractivity contribution < 1.29 is 14.7 Å². The van der Waals surface area contributed by atoms with Crippen molar-refractivity contribution in [1.29, 1.82) is 0 Å². The van der Waals surface area contributed by atoms with Gasteiger partial charge in [0.1, 0.15) is 5.75 Å². The van der Waals surface area contributed by atoms with Crippen LogP contribution in [0.5, 0.6) is 5.75 Å². The van der Waals surface area contributed by atoms with Crippen molar-refractivity contribution in [2.45, 2.75) is 32.1 Å². The molecule has 0 unspecified atom stereocenters. The van der Waals surface area contributed by atoms with Crippen molar-refractivity contribution >= 4 is 17.5 Å². The minimum atomic E-state index is -0.506. The number of phenolic OH excluding ortho intramolecular Hbond substituents is 1. The lowest BCUT2D eigenvalue weighted by molar-refractivity contribution is -0.130. The topological polar surface area (TPSA) is 82.0 Å². The number of benzene rings is 2. The first kappa shape index (κ1) is 19.6. The molecule has 28 heavy (non-hydrogen) atoms. The Balaban J connectivity index is 1.48. The summed E-state index contributed by atoms with van der Waals surface area (Å²) < 4.78 is 0. The second kappa shape index (κ2) is 9.17. The van der Waals surface area contributed by atoms with E-state index in [-0.39, 0.29) is 23.6 Å². The van der Waals surface area contributed by atoms with E-state index in [1.807, 2.05) is 11.0 Å². The highest BCUT2D eigenvalue weighted by atomic mass is 16.3. The van der Waals surface area contributed by atoms with Crippen LogP contribution in [-0.4, -0.2) is 40.6 Å². The number of para-hydroxylation sites is 1. The first-order valence-electron chi connectivity index (χ1n) is 9.49. The van der Waals surface area contributed by atoms with Gasteiger partial charge in [-0.3, -0.25) is 9.59 Å². The molecule has 0 radical (unpaired) electrons. The van der Waals surface area contributed by atoms with Crippen LogP contribution in [0.25, 0.3) is 0 Å². The standard InChI is InChI=1S/C22H25N3O3/c1-16(23-24-22(28)19-9-5-6-10-20(19)26)15-21(27)25-13-11-18(12-14-25)17-7-3-2-4-8-17/h2-10,18,26H,11-15H2,1H3,(H,24,28)/b23-16-. The molecule has 1 aliphatic heterocycles. The van der Waals surface area contributed by atoms with Crippen molar-refractivity contribution in [1.82, 2.24) is 10.3 Å². The fourth-order valence-electron chi connectivity index (χ4n) is 3.43. The van der Waals surface area contributed by atoms with Gasteiger partial charge in [0.2, 0.25) is 5.91 Å². The van der Waals surface area contributed by atoms with E-state index in [9.17, 15) is 14.7 Å². The maximum absolute atomic E-state index is 12.5. The molecule has 0 atom stereocenters. The second-order valence-corrected chi connectivity index (χ2v) is 7.05. The molecule has 1 fully saturated rings. The Morgan fingerprint density at radius 1 is 1.07 bits per heavy atom. The highest BCUT2D eigenvalue weighted by Gasteiger charge is 2.24. The number of nitrogens with zero attached hydrogens (tertiary/aromatic N) is 2. The molecule has 2 N–H and O–H groups in total. The average Bonchev–Trinajstić information content (AvgIpc) is 2.73. The van der Waals surface area contributed by atoms with Gasteiger partial charge >= 0.3 is 0 Å². The maximum Gasteiger partial charge on any atom is 0.275 e. The Morgan fingerprint density at radius 2 is 1.71 bits per heavy atom. The van der Waals surface area contributed by atoms with Gasteiger partial charge in [0.25, 0.3) is 5.91 Å². The highest BCUT2D eigenvalue weighted by Crippen LogP contribution is 2.27. The van der Waals surface area contributed by atoms with E-state index in [0.29, 0.717) is 11.6 Å². The molecule has 1 saturated heterocycles. The number of carbonyl (C=O) groups is 2. The number of nitrogens with one attached hydrogen (secondary N) is 1. The van der Waals surface area contributed by atoms with Gasteiger partial charge in [-0.25, -0.2) is 5.43 Å². The summed E-state index contributed by atoms with van der Waals surface area (Å²) in [7, 11) is 0. The maximum atomic E-state index is 12.5. The fourth-order valence-corrected chi connectivity index (χ4v) is 3.43. The average molecular weight is 379 g/mol. The molecule has 2 aromatic rings. The Morgan fingerprint density at radius 3 is 2.39 bits per heavy atom. The summed E-state index contributed by atoms with van der Waals surface area (Å²) >= 11 is 0. The van der Waals surface area contributed by atoms with Crippen molar-refractivity contribution in [2.24, 2.45) is 5.10 Å². The predicted molar refractivity (Wildman–Crippen MR) is 108 cm³/mol. The monoisotopic (exact) mass is 379 g/mol. The molecule has 2 aromatic carbocycles. The number of hydrazone groups is 1. The number of hydrogen-bond acceptors (Lipinski definition) is 4. The Bertz CT molecular complexity index is 856. The summed E-state index contributed by atoms with van der Waals surface area (Å²) in [4.78, 5) is 26.4. The van der Waals surface area contributed by atoms with E-state index in [2.05, 4.69) is 34.8 Å². The molecular formula is C22H25N3O3. The van der Waals surface area contributed by atoms with Crippen LogP contribution < -0.4 is 5.43 Å². The zero-order valence-electron chi connectivity index (χ0n) is 16.0. The van der Waals surface area contributed by atoms with Crippen molar-refractivity contribution in [2.75, 3.05) is 13.1 Å². The Labute approximate surface area is 164 Å². The lowest BCUT2D eigenvalue weighted by Crippen LogP contribution is -2.38. The van der Waals surface area contributed by atoms with Crippen LogP contribution in [0, 0.1) is 0 Å². The van der Waals surface area contributed by atoms with Gasteiger partial charge in [-0.15, -0.1) is 0 Å². The van der Waals surface area contributed by atoms with E-state index in [1.165, 1.54) is 17.7 Å². The van der Waals surface area contributed by atoms with Crippen molar-refractivity contribution in [3.63, 3.8) is 0 Å². The second-order valence-electron chi connectivity index (χ2n) is 7.05. The summed E-state index contributed by atoms with van der Waals surface area (Å²) in [5.74, 6) is -0.0961. The molecule has 6 heteroatoms. The van der Waals surface area contributed by atoms with E-state index in [4.69, 9.17) is 0 Å². The molecule has 146 valence electrons. The lowest BCUT2D eigenvalue weighted by Gasteiger charge is -2.32. The zero-order chi connectivity index (χ0) is 19.9. The quantitative estimate of drug-likeness (QED) is 0.618. The minimum Gasteiger partial charge on any atom is -0.507 e. The van der Waals surface area contributed by atoms with Crippen LogP contribution in [-0.2, 0) is 4.79 Å². The van der Waals surface area contributed by atoms with Gasteiger partial charge in [-0.05, 0) is 43.4 Å². The van der Waals surface area contributed by atoms with Crippen molar-refractivity contribution in [3.05, 3.63) is 65.7 Å². The number of hydrogen-bond donors (Lipinski definition) is 2. The molecular weight excluding hydrogens is 354 g/mol. The number of phenols is 1. The minimum absolute atomic E-state index is 0.0181. The molecule has 0 aromatic heterocycles. The normalized spacial score (nSPS) is 15.3. The molecule has 0 spiro atoms. The highest BCUT2D eigenvalue weighted by molar-refractivity contribution is 6.01. The van der Waals surface area contributed by atoms with Gasteiger partial charge in [-0.1, -0.05) is 42.5 Å². The predicted octanol–water partition coefficient (Wildman–Crippen LogP) is 3.29. The Kier molecular flexibility index (Phi) is 6.42. The van der Waals surface area contributed by atoms with Gasteiger partial charge in [0.05, 0.1) is 12.0 Å². The first-order chi connectivity index (χ1) is 13.5. The van der Waals surface area contributed by atoms with Gasteiger partial charge in [0, 0.05) is 18.8 Å². The number of carbonyl (C=O) groups excluding carboxylic acids is 2. The van der Waals surface area contributed by atoms with Crippen LogP contribution in [0.1, 0.15) is 48.0 Å². The van der Waals surface area contributed by atoms with Crippen LogP contribution in [0.3, 0.4) is 0 Å². The Hall–Kier alpha value is -3.15. The van der Waals surface area contributed by atoms with Crippen molar-refractivity contribution in [3.8, 4) is 5.75 Å². The SMILES string of the molecule is C/C(CC(=O)N1CCC(c2ccccc2)CC1)=N/NC(=O)c1ccccc1O. The number of aromatic hydroxyl groups is 1. The third-order valence-corrected chi connectivity index (χ3v) is 5.02. The van der Waals surface area contributed by atoms with Crippen LogP contribution in [0.2, 0.25) is 0 Å². The van der Waals surface area contributed by atoms with Crippen LogP contribution in [0.15, 0.2) is 59.7 Å². The lowest BCUT2D eigenvalue weighted by atomic mass is 9.89.